The molecule has 2 aliphatic heterocycles. The molecule has 51 heavy (non-hydrogen) atoms. The van der Waals surface area contributed by atoms with Gasteiger partial charge in [-0.2, -0.15) is 0 Å². The zero-order valence-electron chi connectivity index (χ0n) is 27.5. The normalized spacial score (nSPS) is 29.5. The summed E-state index contributed by atoms with van der Waals surface area (Å²) < 4.78 is 42.4. The van der Waals surface area contributed by atoms with Crippen LogP contribution in [0, 0.1) is 0 Å². The van der Waals surface area contributed by atoms with E-state index in [1.807, 2.05) is 0 Å². The lowest BCUT2D eigenvalue weighted by atomic mass is 9.98. The first-order valence-corrected chi connectivity index (χ1v) is 15.3. The Labute approximate surface area is 290 Å². The van der Waals surface area contributed by atoms with Gasteiger partial charge in [0.2, 0.25) is 12.0 Å². The van der Waals surface area contributed by atoms with E-state index in [2.05, 4.69) is 0 Å². The van der Waals surface area contributed by atoms with Gasteiger partial charge in [-0.05, 0) is 47.5 Å². The number of phenolic OH excluding ortho intramolecular Hbond substituents is 2. The Bertz CT molecular complexity index is 1530. The number of aromatic hydroxyl groups is 2. The fourth-order valence-electron chi connectivity index (χ4n) is 5.12. The Balaban J connectivity index is 1.53. The van der Waals surface area contributed by atoms with Crippen LogP contribution in [0.15, 0.2) is 42.5 Å². The average Bonchev–Trinajstić information content (AvgIpc) is 3.12. The van der Waals surface area contributed by atoms with E-state index in [1.54, 1.807) is 0 Å². The SMILES string of the molecule is COc1cc(/C=C/C(=O)O[C@H]2[C@H](OC(=O)/C=C/c3cc(OC)c(O)c(OC)c3)O[C@H](CO[C@@H]3O[C@H](CO)[C@@H](O)[C@H](O)[C@H]3O)[C@@H](O)[C@@H]2O)ccc1O. The molecule has 2 aliphatic rings. The van der Waals surface area contributed by atoms with Gasteiger partial charge in [0.25, 0.3) is 0 Å². The Morgan fingerprint density at radius 1 is 0.686 bits per heavy atom. The summed E-state index contributed by atoms with van der Waals surface area (Å²) in [7, 11) is 3.96. The Hall–Kier alpha value is -4.50. The van der Waals surface area contributed by atoms with E-state index in [0.29, 0.717) is 11.1 Å². The molecule has 18 nitrogen and oxygen atoms in total. The molecule has 0 unspecified atom stereocenters. The summed E-state index contributed by atoms with van der Waals surface area (Å²) >= 11 is 0. The summed E-state index contributed by atoms with van der Waals surface area (Å²) in [6, 6.07) is 7.02. The minimum Gasteiger partial charge on any atom is -0.504 e. The number of carbonyl (C=O) groups is 2. The average molecular weight is 725 g/mol. The molecule has 10 atom stereocenters. The second kappa shape index (κ2) is 17.6. The van der Waals surface area contributed by atoms with Crippen molar-refractivity contribution in [3.63, 3.8) is 0 Å². The maximum Gasteiger partial charge on any atom is 0.333 e. The summed E-state index contributed by atoms with van der Waals surface area (Å²) in [6.07, 6.45) is -12.6. The molecule has 8 N–H and O–H groups in total. The van der Waals surface area contributed by atoms with Gasteiger partial charge in [0.15, 0.2) is 35.4 Å². The monoisotopic (exact) mass is 724 g/mol. The Kier molecular flexibility index (Phi) is 13.6. The van der Waals surface area contributed by atoms with Crippen LogP contribution < -0.4 is 14.2 Å². The van der Waals surface area contributed by atoms with Crippen LogP contribution in [0.3, 0.4) is 0 Å². The van der Waals surface area contributed by atoms with Gasteiger partial charge in [0.05, 0.1) is 34.5 Å². The van der Waals surface area contributed by atoms with Gasteiger partial charge < -0.3 is 78.7 Å². The molecular formula is C33H40O18. The molecule has 0 radical (unpaired) electrons. The smallest absolute Gasteiger partial charge is 0.333 e. The van der Waals surface area contributed by atoms with E-state index < -0.39 is 86.6 Å². The topological polar surface area (TPSA) is 270 Å². The van der Waals surface area contributed by atoms with Crippen molar-refractivity contribution >= 4 is 24.1 Å². The number of hydrogen-bond acceptors (Lipinski definition) is 18. The van der Waals surface area contributed by atoms with Crippen LogP contribution in [0.25, 0.3) is 12.2 Å². The highest BCUT2D eigenvalue weighted by Gasteiger charge is 2.50. The van der Waals surface area contributed by atoms with E-state index in [-0.39, 0.29) is 28.7 Å². The maximum atomic E-state index is 13.0. The number of methoxy groups -OCH3 is 3. The Morgan fingerprint density at radius 3 is 1.84 bits per heavy atom. The van der Waals surface area contributed by atoms with Gasteiger partial charge in [-0.15, -0.1) is 0 Å². The summed E-state index contributed by atoms with van der Waals surface area (Å²) in [5.41, 5.74) is 0.756. The van der Waals surface area contributed by atoms with Crippen molar-refractivity contribution in [1.82, 2.24) is 0 Å². The van der Waals surface area contributed by atoms with E-state index in [4.69, 9.17) is 37.9 Å². The van der Waals surface area contributed by atoms with E-state index in [0.717, 1.165) is 12.2 Å². The number of hydrogen-bond donors (Lipinski definition) is 8. The first-order valence-electron chi connectivity index (χ1n) is 15.3. The molecule has 2 aromatic rings. The highest BCUT2D eigenvalue weighted by atomic mass is 16.7. The number of carbonyl (C=O) groups excluding carboxylic acids is 2. The van der Waals surface area contributed by atoms with Crippen molar-refractivity contribution in [2.24, 2.45) is 0 Å². The fraction of sp³-hybridized carbons (Fsp3) is 0.455. The van der Waals surface area contributed by atoms with Crippen molar-refractivity contribution in [2.45, 2.75) is 61.4 Å². The molecule has 0 aromatic heterocycles. The predicted molar refractivity (Wildman–Crippen MR) is 170 cm³/mol. The van der Waals surface area contributed by atoms with Crippen LogP contribution >= 0.6 is 0 Å². The summed E-state index contributed by atoms with van der Waals surface area (Å²) in [6.45, 7) is -1.40. The molecule has 18 heteroatoms. The van der Waals surface area contributed by atoms with Crippen LogP contribution in [-0.2, 0) is 33.3 Å². The van der Waals surface area contributed by atoms with Gasteiger partial charge in [0, 0.05) is 12.2 Å². The lowest BCUT2D eigenvalue weighted by Gasteiger charge is -2.43. The molecule has 2 saturated heterocycles. The van der Waals surface area contributed by atoms with Crippen molar-refractivity contribution in [2.75, 3.05) is 34.5 Å². The van der Waals surface area contributed by atoms with Gasteiger partial charge >= 0.3 is 11.9 Å². The number of aliphatic hydroxyl groups is 6. The zero-order valence-corrected chi connectivity index (χ0v) is 27.5. The van der Waals surface area contributed by atoms with E-state index in [9.17, 15) is 50.4 Å². The van der Waals surface area contributed by atoms with Gasteiger partial charge in [0.1, 0.15) is 42.7 Å². The third-order valence-electron chi connectivity index (χ3n) is 7.93. The van der Waals surface area contributed by atoms with Crippen molar-refractivity contribution in [3.8, 4) is 28.7 Å². The molecule has 0 aliphatic carbocycles. The molecular weight excluding hydrogens is 684 g/mol. The highest BCUT2D eigenvalue weighted by molar-refractivity contribution is 5.88. The lowest BCUT2D eigenvalue weighted by Crippen LogP contribution is -2.62. The van der Waals surface area contributed by atoms with Gasteiger partial charge in [-0.1, -0.05) is 6.07 Å². The quantitative estimate of drug-likeness (QED) is 0.0869. The molecule has 2 aromatic carbocycles. The predicted octanol–water partition coefficient (Wildman–Crippen LogP) is -1.43. The second-order valence-corrected chi connectivity index (χ2v) is 11.3. The first-order chi connectivity index (χ1) is 24.3. The zero-order chi connectivity index (χ0) is 37.4. The number of esters is 2. The largest absolute Gasteiger partial charge is 0.504 e. The molecule has 0 bridgehead atoms. The minimum atomic E-state index is -1.94. The van der Waals surface area contributed by atoms with Crippen molar-refractivity contribution in [3.05, 3.63) is 53.6 Å². The maximum absolute atomic E-state index is 13.0. The van der Waals surface area contributed by atoms with Gasteiger partial charge in [-0.25, -0.2) is 9.59 Å². The molecule has 0 saturated carbocycles. The number of aliphatic hydroxyl groups excluding tert-OH is 6. The molecule has 0 amide bonds. The second-order valence-electron chi connectivity index (χ2n) is 11.3. The molecule has 4 rings (SSSR count). The molecule has 2 heterocycles. The van der Waals surface area contributed by atoms with Crippen molar-refractivity contribution in [1.29, 1.82) is 0 Å². The Morgan fingerprint density at radius 2 is 1.24 bits per heavy atom. The molecule has 280 valence electrons. The van der Waals surface area contributed by atoms with Crippen LogP contribution in [0.2, 0.25) is 0 Å². The summed E-state index contributed by atoms with van der Waals surface area (Å²) in [4.78, 5) is 25.8. The summed E-state index contributed by atoms with van der Waals surface area (Å²) in [5.74, 6) is -2.32. The standard InChI is InChI=1S/C33H40O18/c1-44-18-10-15(4-7-17(18)35)5-8-23(36)50-31-29(42)27(40)22(14-47-32-30(43)28(41)26(39)21(13-34)48-32)49-33(31)51-24(37)9-6-16-11-19(45-2)25(38)20(12-16)46-3/h4-12,21-22,26-35,38-43H,13-14H2,1-3H3/b8-5+,9-6+/t21-,22-,26-,27-,28+,29+,30-,31-,32-,33+/m1/s1. The number of benzene rings is 2. The van der Waals surface area contributed by atoms with Crippen LogP contribution in [0.1, 0.15) is 11.1 Å². The molecule has 0 spiro atoms. The van der Waals surface area contributed by atoms with Gasteiger partial charge in [-0.3, -0.25) is 0 Å². The number of ether oxygens (including phenoxy) is 8. The van der Waals surface area contributed by atoms with Crippen molar-refractivity contribution < 1.29 is 88.3 Å². The minimum absolute atomic E-state index is 0.0445. The lowest BCUT2D eigenvalue weighted by molar-refractivity contribution is -0.327. The van der Waals surface area contributed by atoms with Crippen LogP contribution in [-0.4, -0.2) is 149 Å². The number of phenols is 2. The van der Waals surface area contributed by atoms with Crippen LogP contribution in [0.4, 0.5) is 0 Å². The fourth-order valence-corrected chi connectivity index (χ4v) is 5.12. The van der Waals surface area contributed by atoms with E-state index in [1.165, 1.54) is 63.8 Å². The summed E-state index contributed by atoms with van der Waals surface area (Å²) in [5, 5.41) is 81.7. The third kappa shape index (κ3) is 9.44. The number of rotatable bonds is 13. The van der Waals surface area contributed by atoms with Crippen LogP contribution in [0.5, 0.6) is 28.7 Å². The molecule has 2 fully saturated rings. The highest BCUT2D eigenvalue weighted by Crippen LogP contribution is 2.37. The van der Waals surface area contributed by atoms with E-state index >= 15 is 0 Å². The first kappa shape index (κ1) is 39.3. The third-order valence-corrected chi connectivity index (χ3v) is 7.93.